The molecule has 0 aromatic rings. The minimum Gasteiger partial charge on any atom is -0.462 e. The highest BCUT2D eigenvalue weighted by atomic mass is 31.2. The van der Waals surface area contributed by atoms with Gasteiger partial charge in [0.25, 0.3) is 0 Å². The monoisotopic (exact) mass is 1450 g/mol. The maximum absolute atomic E-state index is 13.1. The summed E-state index contributed by atoms with van der Waals surface area (Å²) >= 11 is 0. The molecule has 19 heteroatoms. The zero-order valence-electron chi connectivity index (χ0n) is 65.0. The van der Waals surface area contributed by atoms with Crippen LogP contribution < -0.4 is 0 Å². The molecule has 17 nitrogen and oxygen atoms in total. The average molecular weight is 1450 g/mol. The summed E-state index contributed by atoms with van der Waals surface area (Å²) in [5.74, 6) is 0.260. The van der Waals surface area contributed by atoms with Gasteiger partial charge in [0.1, 0.15) is 19.3 Å². The summed E-state index contributed by atoms with van der Waals surface area (Å²) < 4.78 is 68.6. The van der Waals surface area contributed by atoms with E-state index >= 15 is 0 Å². The molecule has 0 radical (unpaired) electrons. The lowest BCUT2D eigenvalue weighted by Gasteiger charge is -2.21. The summed E-state index contributed by atoms with van der Waals surface area (Å²) in [4.78, 5) is 72.9. The van der Waals surface area contributed by atoms with Gasteiger partial charge in [-0.1, -0.05) is 363 Å². The van der Waals surface area contributed by atoms with Gasteiger partial charge in [0.15, 0.2) is 12.2 Å². The Labute approximate surface area is 607 Å². The van der Waals surface area contributed by atoms with Crippen molar-refractivity contribution in [1.29, 1.82) is 0 Å². The second kappa shape index (κ2) is 70.4. The zero-order valence-corrected chi connectivity index (χ0v) is 66.8. The fraction of sp³-hybridized carbons (Fsp3) is 0.950. The van der Waals surface area contributed by atoms with Gasteiger partial charge in [0.2, 0.25) is 0 Å². The quantitative estimate of drug-likeness (QED) is 0.0222. The molecule has 0 saturated carbocycles. The number of unbranched alkanes of at least 4 members (excludes halogenated alkanes) is 44. The topological polar surface area (TPSA) is 237 Å². The van der Waals surface area contributed by atoms with E-state index in [0.29, 0.717) is 25.7 Å². The van der Waals surface area contributed by atoms with Crippen LogP contribution in [0.25, 0.3) is 0 Å². The summed E-state index contributed by atoms with van der Waals surface area (Å²) in [5, 5.41) is 10.6. The lowest BCUT2D eigenvalue weighted by molar-refractivity contribution is -0.161. The number of hydrogen-bond acceptors (Lipinski definition) is 15. The first kappa shape index (κ1) is 97.1. The van der Waals surface area contributed by atoms with Crippen LogP contribution in [0.3, 0.4) is 0 Å². The van der Waals surface area contributed by atoms with E-state index in [-0.39, 0.29) is 25.7 Å². The number of aliphatic hydroxyl groups is 1. The van der Waals surface area contributed by atoms with E-state index < -0.39 is 97.5 Å². The van der Waals surface area contributed by atoms with Crippen LogP contribution in [-0.2, 0) is 65.4 Å². The van der Waals surface area contributed by atoms with E-state index in [9.17, 15) is 43.2 Å². The van der Waals surface area contributed by atoms with Crippen LogP contribution in [-0.4, -0.2) is 96.7 Å². The molecule has 0 rings (SSSR count). The highest BCUT2D eigenvalue weighted by Gasteiger charge is 2.30. The van der Waals surface area contributed by atoms with Crippen LogP contribution in [0.2, 0.25) is 0 Å². The van der Waals surface area contributed by atoms with Gasteiger partial charge < -0.3 is 33.8 Å². The average Bonchev–Trinajstić information content (AvgIpc) is 3.41. The number of carbonyl (C=O) groups is 4. The van der Waals surface area contributed by atoms with Crippen molar-refractivity contribution in [3.8, 4) is 0 Å². The standard InChI is InChI=1S/C80H156O17P2/c1-8-11-12-13-14-15-16-23-29-35-40-49-56-63-80(85)97-76(68-91-78(83)62-55-48-43-42-46-53-60-73(7)10-3)70-95-99(88,89)93-66-74(81)65-92-98(86,87)94-69-75(67-90-77(82)61-54-47-39-34-31-26-27-32-37-44-51-58-71(4)5)96-79(84)64-57-50-41-36-30-25-22-20-18-17-19-21-24-28-33-38-45-52-59-72(6)9-2/h71-76,81H,8-70H2,1-7H3,(H,86,87)(H,88,89)/t72?,73?,74-,75-,76-/m1/s1. The molecule has 4 unspecified atom stereocenters. The minimum atomic E-state index is -4.96. The molecule has 0 saturated heterocycles. The maximum Gasteiger partial charge on any atom is 0.472 e. The molecule has 0 aliphatic rings. The fourth-order valence-electron chi connectivity index (χ4n) is 12.2. The largest absolute Gasteiger partial charge is 0.472 e. The number of hydrogen-bond donors (Lipinski definition) is 3. The fourth-order valence-corrected chi connectivity index (χ4v) is 13.8. The zero-order chi connectivity index (χ0) is 73.0. The van der Waals surface area contributed by atoms with Gasteiger partial charge in [-0.15, -0.1) is 0 Å². The van der Waals surface area contributed by atoms with E-state index in [2.05, 4.69) is 48.5 Å². The molecule has 3 N–H and O–H groups in total. The normalized spacial score (nSPS) is 14.5. The van der Waals surface area contributed by atoms with Crippen LogP contribution in [0.1, 0.15) is 414 Å². The van der Waals surface area contributed by atoms with Crippen LogP contribution in [0.5, 0.6) is 0 Å². The van der Waals surface area contributed by atoms with Crippen molar-refractivity contribution in [3.05, 3.63) is 0 Å². The molecule has 0 heterocycles. The Kier molecular flexibility index (Phi) is 69.0. The molecular formula is C80H156O17P2. The molecule has 99 heavy (non-hydrogen) atoms. The predicted molar refractivity (Wildman–Crippen MR) is 405 cm³/mol. The van der Waals surface area contributed by atoms with Crippen molar-refractivity contribution in [3.63, 3.8) is 0 Å². The molecule has 0 aliphatic heterocycles. The minimum absolute atomic E-state index is 0.107. The SMILES string of the molecule is CCCCCCCCCCCCCCCC(=O)O[C@H](COC(=O)CCCCCCCCC(C)CC)COP(=O)(O)OC[C@H](O)COP(=O)(O)OC[C@@H](COC(=O)CCCCCCCCCCCCCC(C)C)OC(=O)CCCCCCCCCCCCCCCCCCCCC(C)CC. The van der Waals surface area contributed by atoms with Crippen molar-refractivity contribution in [2.45, 2.75) is 433 Å². The Bertz CT molecular complexity index is 1930. The summed E-state index contributed by atoms with van der Waals surface area (Å²) in [5.41, 5.74) is 0. The second-order valence-corrected chi connectivity index (χ2v) is 32.7. The number of phosphoric ester groups is 2. The van der Waals surface area contributed by atoms with Crippen LogP contribution in [0.4, 0.5) is 0 Å². The number of rotatable bonds is 78. The van der Waals surface area contributed by atoms with Crippen molar-refractivity contribution in [2.24, 2.45) is 17.8 Å². The van der Waals surface area contributed by atoms with E-state index in [1.54, 1.807) is 0 Å². The van der Waals surface area contributed by atoms with E-state index in [1.807, 2.05) is 0 Å². The van der Waals surface area contributed by atoms with Crippen molar-refractivity contribution in [2.75, 3.05) is 39.6 Å². The highest BCUT2D eigenvalue weighted by Crippen LogP contribution is 2.45. The third-order valence-electron chi connectivity index (χ3n) is 19.4. The van der Waals surface area contributed by atoms with Gasteiger partial charge in [0.05, 0.1) is 26.4 Å². The summed E-state index contributed by atoms with van der Waals surface area (Å²) in [6.07, 6.45) is 58.3. The van der Waals surface area contributed by atoms with Gasteiger partial charge in [0, 0.05) is 25.7 Å². The van der Waals surface area contributed by atoms with Gasteiger partial charge >= 0.3 is 39.5 Å². The van der Waals surface area contributed by atoms with Gasteiger partial charge in [-0.3, -0.25) is 37.3 Å². The molecule has 0 aromatic heterocycles. The molecule has 0 amide bonds. The smallest absolute Gasteiger partial charge is 0.462 e. The number of carbonyl (C=O) groups excluding carboxylic acids is 4. The third kappa shape index (κ3) is 71.5. The maximum atomic E-state index is 13.1. The van der Waals surface area contributed by atoms with Gasteiger partial charge in [-0.2, -0.15) is 0 Å². The molecule has 7 atom stereocenters. The van der Waals surface area contributed by atoms with Crippen LogP contribution in [0, 0.1) is 17.8 Å². The van der Waals surface area contributed by atoms with Crippen LogP contribution >= 0.6 is 15.6 Å². The Morgan fingerprint density at radius 1 is 0.293 bits per heavy atom. The molecule has 0 fully saturated rings. The molecule has 0 aromatic carbocycles. The molecule has 0 aliphatic carbocycles. The van der Waals surface area contributed by atoms with Crippen LogP contribution in [0.15, 0.2) is 0 Å². The Morgan fingerprint density at radius 3 is 0.768 bits per heavy atom. The lowest BCUT2D eigenvalue weighted by atomic mass is 9.99. The Balaban J connectivity index is 5.21. The Hall–Kier alpha value is -1.94. The summed E-state index contributed by atoms with van der Waals surface area (Å²) in [6.45, 7) is 12.0. The van der Waals surface area contributed by atoms with E-state index in [0.717, 1.165) is 114 Å². The molecule has 0 bridgehead atoms. The summed E-state index contributed by atoms with van der Waals surface area (Å²) in [7, 11) is -9.92. The van der Waals surface area contributed by atoms with E-state index in [1.165, 1.54) is 218 Å². The third-order valence-corrected chi connectivity index (χ3v) is 21.3. The first-order valence-electron chi connectivity index (χ1n) is 41.4. The first-order valence-corrected chi connectivity index (χ1v) is 44.4. The predicted octanol–water partition coefficient (Wildman–Crippen LogP) is 23.7. The molecular weight excluding hydrogens is 1290 g/mol. The number of ether oxygens (including phenoxy) is 4. The van der Waals surface area contributed by atoms with Crippen molar-refractivity contribution < 1.29 is 80.2 Å². The van der Waals surface area contributed by atoms with E-state index in [4.69, 9.17) is 37.0 Å². The Morgan fingerprint density at radius 2 is 0.515 bits per heavy atom. The second-order valence-electron chi connectivity index (χ2n) is 29.8. The van der Waals surface area contributed by atoms with Crippen molar-refractivity contribution >= 4 is 39.5 Å². The van der Waals surface area contributed by atoms with Gasteiger partial charge in [-0.25, -0.2) is 9.13 Å². The van der Waals surface area contributed by atoms with Crippen molar-refractivity contribution in [1.82, 2.24) is 0 Å². The van der Waals surface area contributed by atoms with Gasteiger partial charge in [-0.05, 0) is 43.4 Å². The number of aliphatic hydroxyl groups excluding tert-OH is 1. The first-order chi connectivity index (χ1) is 47.8. The molecule has 0 spiro atoms. The summed E-state index contributed by atoms with van der Waals surface area (Å²) in [6, 6.07) is 0. The highest BCUT2D eigenvalue weighted by molar-refractivity contribution is 7.47. The number of phosphoric acid groups is 2. The molecule has 588 valence electrons. The number of esters is 4. The lowest BCUT2D eigenvalue weighted by Crippen LogP contribution is -2.30.